The van der Waals surface area contributed by atoms with Gasteiger partial charge in [0.05, 0.1) is 33.3 Å². The van der Waals surface area contributed by atoms with Crippen LogP contribution in [-0.4, -0.2) is 63.3 Å². The van der Waals surface area contributed by atoms with Crippen LogP contribution in [0.4, 0.5) is 19.1 Å². The highest BCUT2D eigenvalue weighted by Crippen LogP contribution is 2.31. The molecular weight excluding hydrogens is 573 g/mol. The molecule has 4 aromatic rings. The molecule has 0 atom stereocenters. The molecule has 1 aliphatic carbocycles. The summed E-state index contributed by atoms with van der Waals surface area (Å²) in [5.74, 6) is 0.596. The number of H-pyrrole nitrogens is 1. The van der Waals surface area contributed by atoms with E-state index >= 15 is 0 Å². The Hall–Kier alpha value is -4.19. The zero-order valence-electron chi connectivity index (χ0n) is 22.3. The van der Waals surface area contributed by atoms with E-state index in [2.05, 4.69) is 20.2 Å². The highest BCUT2D eigenvalue weighted by Gasteiger charge is 2.32. The van der Waals surface area contributed by atoms with Gasteiger partial charge in [0.15, 0.2) is 0 Å². The van der Waals surface area contributed by atoms with Crippen molar-refractivity contribution in [3.05, 3.63) is 86.6 Å². The zero-order chi connectivity index (χ0) is 29.4. The number of hydrogen-bond acceptors (Lipinski definition) is 7. The molecule has 0 unspecified atom stereocenters. The van der Waals surface area contributed by atoms with Gasteiger partial charge in [-0.15, -0.1) is 0 Å². The highest BCUT2D eigenvalue weighted by molar-refractivity contribution is 6.34. The Labute approximate surface area is 243 Å². The van der Waals surface area contributed by atoms with Crippen molar-refractivity contribution < 1.29 is 22.7 Å². The monoisotopic (exact) mass is 598 g/mol. The summed E-state index contributed by atoms with van der Waals surface area (Å²) >= 11 is 6.76. The van der Waals surface area contributed by atoms with E-state index in [1.165, 1.54) is 0 Å². The van der Waals surface area contributed by atoms with Gasteiger partial charge in [-0.05, 0) is 49.1 Å². The van der Waals surface area contributed by atoms with Crippen molar-refractivity contribution in [3.8, 4) is 5.75 Å². The number of carbonyl (C=O) groups is 1. The molecule has 1 amide bonds. The summed E-state index contributed by atoms with van der Waals surface area (Å²) in [6.07, 6.45) is 0.620. The maximum atomic E-state index is 13.4. The van der Waals surface area contributed by atoms with Crippen molar-refractivity contribution in [1.82, 2.24) is 25.1 Å². The largest absolute Gasteiger partial charge is 0.490 e. The Morgan fingerprint density at radius 2 is 1.79 bits per heavy atom. The minimum absolute atomic E-state index is 0.178. The van der Waals surface area contributed by atoms with E-state index < -0.39 is 11.7 Å². The van der Waals surface area contributed by atoms with Gasteiger partial charge in [0.25, 0.3) is 11.5 Å². The molecule has 0 radical (unpaired) electrons. The van der Waals surface area contributed by atoms with Crippen molar-refractivity contribution in [2.75, 3.05) is 31.1 Å². The number of aromatic nitrogens is 4. The number of anilines is 1. The number of halogens is 4. The molecule has 2 aromatic carbocycles. The summed E-state index contributed by atoms with van der Waals surface area (Å²) < 4.78 is 44.5. The second kappa shape index (κ2) is 11.2. The SMILES string of the molecule is O=C(c1cccc(Cc2n[nH]c(=O)c3ccc(OC4CCC4)cc23)c1Cl)N1CCN(c2ncc(C(F)(F)F)cn2)CC1. The van der Waals surface area contributed by atoms with E-state index in [4.69, 9.17) is 16.3 Å². The highest BCUT2D eigenvalue weighted by atomic mass is 35.5. The Kier molecular flexibility index (Phi) is 7.48. The van der Waals surface area contributed by atoms with Crippen LogP contribution in [0.25, 0.3) is 10.8 Å². The van der Waals surface area contributed by atoms with Crippen LogP contribution in [0.1, 0.15) is 46.4 Å². The molecule has 1 N–H and O–H groups in total. The minimum Gasteiger partial charge on any atom is -0.490 e. The van der Waals surface area contributed by atoms with Crippen LogP contribution >= 0.6 is 11.6 Å². The van der Waals surface area contributed by atoms with Crippen molar-refractivity contribution in [1.29, 1.82) is 0 Å². The van der Waals surface area contributed by atoms with Crippen LogP contribution in [0.2, 0.25) is 5.02 Å². The third-order valence-electron chi connectivity index (χ3n) is 7.68. The van der Waals surface area contributed by atoms with Crippen LogP contribution in [-0.2, 0) is 12.6 Å². The number of nitrogens with zero attached hydrogens (tertiary/aromatic N) is 5. The normalized spacial score (nSPS) is 16.0. The molecule has 6 rings (SSSR count). The van der Waals surface area contributed by atoms with Crippen LogP contribution in [0, 0.1) is 0 Å². The van der Waals surface area contributed by atoms with Gasteiger partial charge in [0.2, 0.25) is 5.95 Å². The molecule has 2 aromatic heterocycles. The van der Waals surface area contributed by atoms with E-state index in [0.717, 1.165) is 31.7 Å². The number of benzene rings is 2. The smallest absolute Gasteiger partial charge is 0.419 e. The minimum atomic E-state index is -4.51. The number of amides is 1. The molecule has 218 valence electrons. The maximum absolute atomic E-state index is 13.4. The fraction of sp³-hybridized carbons (Fsp3) is 0.345. The number of ether oxygens (including phenoxy) is 1. The lowest BCUT2D eigenvalue weighted by Crippen LogP contribution is -2.49. The summed E-state index contributed by atoms with van der Waals surface area (Å²) in [6.45, 7) is 1.35. The maximum Gasteiger partial charge on any atom is 0.419 e. The van der Waals surface area contributed by atoms with Gasteiger partial charge in [0.1, 0.15) is 5.75 Å². The summed E-state index contributed by atoms with van der Waals surface area (Å²) in [6, 6.07) is 10.6. The molecular formula is C29H26ClF3N6O3. The summed E-state index contributed by atoms with van der Waals surface area (Å²) in [7, 11) is 0. The van der Waals surface area contributed by atoms with Crippen molar-refractivity contribution >= 4 is 34.2 Å². The fourth-order valence-corrected chi connectivity index (χ4v) is 5.33. The molecule has 2 aliphatic rings. The second-order valence-corrected chi connectivity index (χ2v) is 10.8. The third kappa shape index (κ3) is 5.63. The lowest BCUT2D eigenvalue weighted by atomic mass is 9.96. The molecule has 42 heavy (non-hydrogen) atoms. The average Bonchev–Trinajstić information content (AvgIpc) is 2.97. The molecule has 1 saturated carbocycles. The average molecular weight is 599 g/mol. The number of nitrogens with one attached hydrogen (secondary N) is 1. The first-order chi connectivity index (χ1) is 20.2. The predicted molar refractivity (Wildman–Crippen MR) is 150 cm³/mol. The van der Waals surface area contributed by atoms with Crippen LogP contribution in [0.5, 0.6) is 5.75 Å². The quantitative estimate of drug-likeness (QED) is 0.338. The van der Waals surface area contributed by atoms with Gasteiger partial charge < -0.3 is 14.5 Å². The molecule has 2 fully saturated rings. The number of carbonyl (C=O) groups excluding carboxylic acids is 1. The van der Waals surface area contributed by atoms with E-state index in [1.54, 1.807) is 34.1 Å². The van der Waals surface area contributed by atoms with E-state index in [0.29, 0.717) is 64.5 Å². The number of hydrogen-bond donors (Lipinski definition) is 1. The Bertz CT molecular complexity index is 1680. The lowest BCUT2D eigenvalue weighted by Gasteiger charge is -2.35. The molecule has 9 nitrogen and oxygen atoms in total. The molecule has 3 heterocycles. The molecule has 0 spiro atoms. The first-order valence-electron chi connectivity index (χ1n) is 13.6. The lowest BCUT2D eigenvalue weighted by molar-refractivity contribution is -0.138. The van der Waals surface area contributed by atoms with Gasteiger partial charge in [-0.25, -0.2) is 15.1 Å². The van der Waals surface area contributed by atoms with E-state index in [9.17, 15) is 22.8 Å². The molecule has 1 saturated heterocycles. The fourth-order valence-electron chi connectivity index (χ4n) is 5.06. The van der Waals surface area contributed by atoms with Crippen LogP contribution in [0.3, 0.4) is 0 Å². The zero-order valence-corrected chi connectivity index (χ0v) is 23.1. The van der Waals surface area contributed by atoms with Crippen LogP contribution in [0.15, 0.2) is 53.6 Å². The van der Waals surface area contributed by atoms with Crippen molar-refractivity contribution in [2.45, 2.75) is 38.0 Å². The summed E-state index contributed by atoms with van der Waals surface area (Å²) in [4.78, 5) is 37.0. The first-order valence-corrected chi connectivity index (χ1v) is 13.9. The Morgan fingerprint density at radius 1 is 1.05 bits per heavy atom. The number of alkyl halides is 3. The summed E-state index contributed by atoms with van der Waals surface area (Å²) in [5, 5.41) is 8.27. The van der Waals surface area contributed by atoms with Gasteiger partial charge in [-0.3, -0.25) is 9.59 Å². The third-order valence-corrected chi connectivity index (χ3v) is 8.12. The number of piperazine rings is 1. The number of aromatic amines is 1. The van der Waals surface area contributed by atoms with Crippen molar-refractivity contribution in [2.24, 2.45) is 0 Å². The van der Waals surface area contributed by atoms with Gasteiger partial charge >= 0.3 is 6.18 Å². The van der Waals surface area contributed by atoms with Crippen LogP contribution < -0.4 is 15.2 Å². The van der Waals surface area contributed by atoms with E-state index in [1.807, 2.05) is 12.1 Å². The molecule has 1 aliphatic heterocycles. The Morgan fingerprint density at radius 3 is 2.45 bits per heavy atom. The standard InChI is InChI=1S/C29H26ClF3N6O3/c30-25-17(13-24-23-14-20(42-19-4-2-5-19)7-8-21(23)26(40)37-36-24)3-1-6-22(25)27(41)38-9-11-39(12-10-38)28-34-15-18(16-35-28)29(31,32)33/h1,3,6-8,14-16,19H,2,4-5,9-13H2,(H,37,40). The molecule has 13 heteroatoms. The van der Waals surface area contributed by atoms with Crippen molar-refractivity contribution in [3.63, 3.8) is 0 Å². The molecule has 0 bridgehead atoms. The first kappa shape index (κ1) is 28.0. The Balaban J connectivity index is 1.17. The van der Waals surface area contributed by atoms with Gasteiger partial charge in [0, 0.05) is 50.4 Å². The number of rotatable bonds is 6. The number of fused-ring (bicyclic) bond motifs is 1. The van der Waals surface area contributed by atoms with E-state index in [-0.39, 0.29) is 29.9 Å². The second-order valence-electron chi connectivity index (χ2n) is 10.4. The van der Waals surface area contributed by atoms with Gasteiger partial charge in [-0.1, -0.05) is 23.7 Å². The predicted octanol–water partition coefficient (Wildman–Crippen LogP) is 4.87. The van der Waals surface area contributed by atoms with Gasteiger partial charge in [-0.2, -0.15) is 18.3 Å². The topological polar surface area (TPSA) is 104 Å². The summed E-state index contributed by atoms with van der Waals surface area (Å²) in [5.41, 5.74) is 0.379.